The Morgan fingerprint density at radius 1 is 1.21 bits per heavy atom. The van der Waals surface area contributed by atoms with Gasteiger partial charge in [0.05, 0.1) is 5.75 Å². The van der Waals surface area contributed by atoms with Crippen molar-refractivity contribution in [3.8, 4) is 0 Å². The van der Waals surface area contributed by atoms with E-state index in [2.05, 4.69) is 17.5 Å². The van der Waals surface area contributed by atoms with Gasteiger partial charge in [-0.05, 0) is 6.92 Å². The molecule has 0 unspecified atom stereocenters. The Balaban J connectivity index is 2.43. The van der Waals surface area contributed by atoms with Crippen LogP contribution < -0.4 is 0 Å². The largest absolute Gasteiger partial charge is 0.300 e. The molecule has 0 saturated carbocycles. The molecular formula is C8H18N2O2S2. The molecular weight excluding hydrogens is 220 g/mol. The predicted octanol–water partition coefficient (Wildman–Crippen LogP) is -0.116. The Labute approximate surface area is 91.7 Å². The van der Waals surface area contributed by atoms with E-state index < -0.39 is 10.0 Å². The Morgan fingerprint density at radius 2 is 1.79 bits per heavy atom. The maximum Gasteiger partial charge on any atom is 0.213 e. The SMILES string of the molecule is CCS(=O)(=O)N1CCN(CCS)CC1. The lowest BCUT2D eigenvalue weighted by Gasteiger charge is -2.33. The van der Waals surface area contributed by atoms with Crippen LogP contribution in [0.3, 0.4) is 0 Å². The third-order valence-corrected chi connectivity index (χ3v) is 4.59. The zero-order valence-corrected chi connectivity index (χ0v) is 10.2. The third-order valence-electron chi connectivity index (χ3n) is 2.51. The van der Waals surface area contributed by atoms with E-state index >= 15 is 0 Å². The van der Waals surface area contributed by atoms with Gasteiger partial charge in [0.15, 0.2) is 0 Å². The molecule has 0 aromatic rings. The maximum atomic E-state index is 11.5. The standard InChI is InChI=1S/C8H18N2O2S2/c1-2-14(11,12)10-5-3-9(4-6-10)7-8-13/h13H,2-8H2,1H3. The minimum atomic E-state index is -2.97. The van der Waals surface area contributed by atoms with Gasteiger partial charge in [-0.15, -0.1) is 0 Å². The molecule has 0 bridgehead atoms. The molecule has 0 aliphatic carbocycles. The second kappa shape index (κ2) is 5.34. The lowest BCUT2D eigenvalue weighted by atomic mass is 10.4. The van der Waals surface area contributed by atoms with E-state index in [4.69, 9.17) is 0 Å². The number of sulfonamides is 1. The highest BCUT2D eigenvalue weighted by molar-refractivity contribution is 7.89. The molecule has 84 valence electrons. The molecule has 14 heavy (non-hydrogen) atoms. The van der Waals surface area contributed by atoms with Crippen molar-refractivity contribution in [1.29, 1.82) is 0 Å². The molecule has 1 rings (SSSR count). The summed E-state index contributed by atoms with van der Waals surface area (Å²) in [5, 5.41) is 0. The van der Waals surface area contributed by atoms with E-state index in [1.54, 1.807) is 11.2 Å². The molecule has 1 aliphatic heterocycles. The summed E-state index contributed by atoms with van der Waals surface area (Å²) in [5.74, 6) is 1.04. The van der Waals surface area contributed by atoms with Crippen molar-refractivity contribution in [2.75, 3.05) is 44.2 Å². The van der Waals surface area contributed by atoms with E-state index in [-0.39, 0.29) is 5.75 Å². The summed E-state index contributed by atoms with van der Waals surface area (Å²) in [5.41, 5.74) is 0. The molecule has 0 aromatic heterocycles. The fraction of sp³-hybridized carbons (Fsp3) is 1.00. The molecule has 0 aromatic carbocycles. The van der Waals surface area contributed by atoms with Gasteiger partial charge in [-0.2, -0.15) is 16.9 Å². The molecule has 0 N–H and O–H groups in total. The van der Waals surface area contributed by atoms with Crippen LogP contribution in [0.4, 0.5) is 0 Å². The molecule has 6 heteroatoms. The summed E-state index contributed by atoms with van der Waals surface area (Å²) in [6, 6.07) is 0. The van der Waals surface area contributed by atoms with Crippen LogP contribution in [0, 0.1) is 0 Å². The molecule has 0 amide bonds. The highest BCUT2D eigenvalue weighted by atomic mass is 32.2. The molecule has 1 heterocycles. The van der Waals surface area contributed by atoms with Gasteiger partial charge in [-0.3, -0.25) is 4.90 Å². The van der Waals surface area contributed by atoms with E-state index in [0.717, 1.165) is 25.4 Å². The van der Waals surface area contributed by atoms with Crippen LogP contribution in [0.2, 0.25) is 0 Å². The summed E-state index contributed by atoms with van der Waals surface area (Å²) in [6.07, 6.45) is 0. The molecule has 0 atom stereocenters. The quantitative estimate of drug-likeness (QED) is 0.695. The number of hydrogen-bond donors (Lipinski definition) is 1. The highest BCUT2D eigenvalue weighted by Crippen LogP contribution is 2.07. The summed E-state index contributed by atoms with van der Waals surface area (Å²) in [4.78, 5) is 2.24. The van der Waals surface area contributed by atoms with Crippen molar-refractivity contribution in [1.82, 2.24) is 9.21 Å². The first-order chi connectivity index (χ1) is 6.60. The molecule has 0 radical (unpaired) electrons. The van der Waals surface area contributed by atoms with Crippen LogP contribution in [0.1, 0.15) is 6.92 Å². The summed E-state index contributed by atoms with van der Waals surface area (Å²) in [6.45, 7) is 5.56. The number of hydrogen-bond acceptors (Lipinski definition) is 4. The van der Waals surface area contributed by atoms with Gasteiger partial charge in [0.1, 0.15) is 0 Å². The van der Waals surface area contributed by atoms with Gasteiger partial charge < -0.3 is 0 Å². The maximum absolute atomic E-state index is 11.5. The fourth-order valence-corrected chi connectivity index (χ4v) is 2.92. The van der Waals surface area contributed by atoms with Crippen molar-refractivity contribution in [2.24, 2.45) is 0 Å². The van der Waals surface area contributed by atoms with E-state index in [1.165, 1.54) is 0 Å². The van der Waals surface area contributed by atoms with Gasteiger partial charge in [-0.25, -0.2) is 8.42 Å². The van der Waals surface area contributed by atoms with Crippen molar-refractivity contribution in [2.45, 2.75) is 6.92 Å². The van der Waals surface area contributed by atoms with E-state index in [9.17, 15) is 8.42 Å². The van der Waals surface area contributed by atoms with Gasteiger partial charge >= 0.3 is 0 Å². The number of piperazine rings is 1. The average Bonchev–Trinajstić information content (AvgIpc) is 2.19. The Hall–Kier alpha value is 0.220. The minimum Gasteiger partial charge on any atom is -0.300 e. The van der Waals surface area contributed by atoms with Gasteiger partial charge in [0.2, 0.25) is 10.0 Å². The Kier molecular flexibility index (Phi) is 4.69. The van der Waals surface area contributed by atoms with Crippen LogP contribution in [0.5, 0.6) is 0 Å². The minimum absolute atomic E-state index is 0.208. The second-order valence-electron chi connectivity index (χ2n) is 3.36. The second-order valence-corrected chi connectivity index (χ2v) is 6.07. The topological polar surface area (TPSA) is 40.6 Å². The average molecular weight is 238 g/mol. The van der Waals surface area contributed by atoms with Crippen LogP contribution in [-0.2, 0) is 10.0 Å². The fourth-order valence-electron chi connectivity index (χ4n) is 1.56. The van der Waals surface area contributed by atoms with Crippen molar-refractivity contribution >= 4 is 22.7 Å². The Morgan fingerprint density at radius 3 is 2.21 bits per heavy atom. The third kappa shape index (κ3) is 3.12. The zero-order valence-electron chi connectivity index (χ0n) is 8.52. The summed E-state index contributed by atoms with van der Waals surface area (Å²) < 4.78 is 24.6. The first-order valence-electron chi connectivity index (χ1n) is 4.91. The Bertz CT molecular complexity index is 259. The zero-order chi connectivity index (χ0) is 10.6. The van der Waals surface area contributed by atoms with Crippen molar-refractivity contribution in [3.63, 3.8) is 0 Å². The predicted molar refractivity (Wildman–Crippen MR) is 61.3 cm³/mol. The summed E-state index contributed by atoms with van der Waals surface area (Å²) in [7, 11) is -2.97. The summed E-state index contributed by atoms with van der Waals surface area (Å²) >= 11 is 4.16. The molecule has 1 fully saturated rings. The lowest BCUT2D eigenvalue weighted by molar-refractivity contribution is 0.198. The van der Waals surface area contributed by atoms with Crippen LogP contribution in [0.15, 0.2) is 0 Å². The van der Waals surface area contributed by atoms with Gasteiger partial charge in [0.25, 0.3) is 0 Å². The van der Waals surface area contributed by atoms with E-state index in [0.29, 0.717) is 13.1 Å². The van der Waals surface area contributed by atoms with Crippen LogP contribution >= 0.6 is 12.6 Å². The number of rotatable bonds is 4. The van der Waals surface area contributed by atoms with Gasteiger partial charge in [-0.1, -0.05) is 0 Å². The first-order valence-corrected chi connectivity index (χ1v) is 7.15. The van der Waals surface area contributed by atoms with Crippen molar-refractivity contribution < 1.29 is 8.42 Å². The highest BCUT2D eigenvalue weighted by Gasteiger charge is 2.24. The normalized spacial score (nSPS) is 21.3. The molecule has 0 spiro atoms. The smallest absolute Gasteiger partial charge is 0.213 e. The molecule has 1 aliphatic rings. The molecule has 1 saturated heterocycles. The van der Waals surface area contributed by atoms with Crippen LogP contribution in [0.25, 0.3) is 0 Å². The lowest BCUT2D eigenvalue weighted by Crippen LogP contribution is -2.49. The van der Waals surface area contributed by atoms with Gasteiger partial charge in [0, 0.05) is 38.5 Å². The number of thiol groups is 1. The van der Waals surface area contributed by atoms with Crippen LogP contribution in [-0.4, -0.2) is 61.9 Å². The monoisotopic (exact) mass is 238 g/mol. The number of nitrogens with zero attached hydrogens (tertiary/aromatic N) is 2. The van der Waals surface area contributed by atoms with Crippen molar-refractivity contribution in [3.05, 3.63) is 0 Å². The molecule has 4 nitrogen and oxygen atoms in total. The van der Waals surface area contributed by atoms with E-state index in [1.807, 2.05) is 0 Å². The first kappa shape index (κ1) is 12.3.